The molecule has 1 N–H and O–H groups in total. The Morgan fingerprint density at radius 3 is 2.67 bits per heavy atom. The van der Waals surface area contributed by atoms with E-state index in [9.17, 15) is 4.79 Å². The van der Waals surface area contributed by atoms with Gasteiger partial charge in [-0.05, 0) is 11.5 Å². The number of carbonyl (C=O) groups is 1. The number of anilines is 1. The molecule has 2 aromatic carbocycles. The van der Waals surface area contributed by atoms with Crippen molar-refractivity contribution in [2.75, 3.05) is 5.32 Å². The van der Waals surface area contributed by atoms with Gasteiger partial charge < -0.3 is 5.32 Å². The maximum absolute atomic E-state index is 11.0. The maximum atomic E-state index is 11.0. The third kappa shape index (κ3) is 1.95. The summed E-state index contributed by atoms with van der Waals surface area (Å²) in [4.78, 5) is 11.0. The third-order valence-corrected chi connectivity index (χ3v) is 2.49. The molecule has 0 aromatic heterocycles. The Labute approximate surface area is 92.9 Å². The van der Waals surface area contributed by atoms with Crippen molar-refractivity contribution in [3.63, 3.8) is 0 Å². The van der Waals surface area contributed by atoms with E-state index in [1.54, 1.807) is 6.07 Å². The molecule has 0 heterocycles. The second-order valence-electron chi connectivity index (χ2n) is 3.32. The largest absolute Gasteiger partial charge is 0.325 e. The number of amides is 1. The molecule has 0 atom stereocenters. The Balaban J connectivity index is 2.68. The molecule has 0 saturated carbocycles. The lowest BCUT2D eigenvalue weighted by Gasteiger charge is -2.08. The normalized spacial score (nSPS) is 10.3. The summed E-state index contributed by atoms with van der Waals surface area (Å²) in [5.74, 6) is -0.117. The predicted octanol–water partition coefficient (Wildman–Crippen LogP) is 3.45. The van der Waals surface area contributed by atoms with Crippen LogP contribution in [0.5, 0.6) is 0 Å². The predicted molar refractivity (Wildman–Crippen MR) is 63.3 cm³/mol. The number of nitrogens with one attached hydrogen (secondary N) is 1. The molecule has 0 saturated heterocycles. The first-order valence-electron chi connectivity index (χ1n) is 4.63. The fourth-order valence-electron chi connectivity index (χ4n) is 1.55. The summed E-state index contributed by atoms with van der Waals surface area (Å²) in [6.45, 7) is 1.47. The molecule has 0 bridgehead atoms. The lowest BCUT2D eigenvalue weighted by Crippen LogP contribution is -2.06. The summed E-state index contributed by atoms with van der Waals surface area (Å²) in [5.41, 5.74) is 0.683. The van der Waals surface area contributed by atoms with Crippen molar-refractivity contribution in [3.05, 3.63) is 41.4 Å². The summed E-state index contributed by atoms with van der Waals surface area (Å²) >= 11 is 6.03. The van der Waals surface area contributed by atoms with Crippen LogP contribution in [0.3, 0.4) is 0 Å². The zero-order chi connectivity index (χ0) is 10.8. The highest BCUT2D eigenvalue weighted by Gasteiger charge is 2.06. The van der Waals surface area contributed by atoms with E-state index >= 15 is 0 Å². The van der Waals surface area contributed by atoms with E-state index in [0.29, 0.717) is 10.7 Å². The van der Waals surface area contributed by atoms with E-state index in [-0.39, 0.29) is 5.91 Å². The Bertz CT molecular complexity index is 522. The van der Waals surface area contributed by atoms with E-state index in [1.165, 1.54) is 6.92 Å². The fraction of sp³-hybridized carbons (Fsp3) is 0.0833. The minimum absolute atomic E-state index is 0.117. The number of halogens is 1. The number of carbonyl (C=O) groups excluding carboxylic acids is 1. The van der Waals surface area contributed by atoms with Gasteiger partial charge in [0, 0.05) is 12.3 Å². The van der Waals surface area contributed by atoms with Gasteiger partial charge in [-0.25, -0.2) is 0 Å². The van der Waals surface area contributed by atoms with Crippen molar-refractivity contribution < 1.29 is 4.79 Å². The lowest BCUT2D eigenvalue weighted by atomic mass is 10.1. The molecule has 0 radical (unpaired) electrons. The van der Waals surface area contributed by atoms with Crippen molar-refractivity contribution in [3.8, 4) is 0 Å². The molecule has 15 heavy (non-hydrogen) atoms. The van der Waals surface area contributed by atoms with E-state index < -0.39 is 0 Å². The zero-order valence-electron chi connectivity index (χ0n) is 8.25. The highest BCUT2D eigenvalue weighted by Crippen LogP contribution is 2.30. The van der Waals surface area contributed by atoms with Gasteiger partial charge in [-0.1, -0.05) is 41.9 Å². The number of benzene rings is 2. The van der Waals surface area contributed by atoms with Crippen molar-refractivity contribution in [2.24, 2.45) is 0 Å². The van der Waals surface area contributed by atoms with Crippen molar-refractivity contribution in [2.45, 2.75) is 6.92 Å². The lowest BCUT2D eigenvalue weighted by molar-refractivity contribution is -0.114. The van der Waals surface area contributed by atoms with Crippen LogP contribution in [-0.2, 0) is 4.79 Å². The topological polar surface area (TPSA) is 29.1 Å². The SMILES string of the molecule is CC(=O)Nc1c(Cl)ccc2ccccc12. The van der Waals surface area contributed by atoms with Crippen LogP contribution in [0, 0.1) is 0 Å². The molecule has 0 aliphatic heterocycles. The van der Waals surface area contributed by atoms with Gasteiger partial charge in [0.1, 0.15) is 0 Å². The smallest absolute Gasteiger partial charge is 0.221 e. The highest BCUT2D eigenvalue weighted by molar-refractivity contribution is 6.35. The monoisotopic (exact) mass is 219 g/mol. The van der Waals surface area contributed by atoms with Gasteiger partial charge >= 0.3 is 0 Å². The summed E-state index contributed by atoms with van der Waals surface area (Å²) in [6, 6.07) is 11.5. The molecule has 0 unspecified atom stereocenters. The number of hydrogen-bond acceptors (Lipinski definition) is 1. The first-order chi connectivity index (χ1) is 7.18. The number of fused-ring (bicyclic) bond motifs is 1. The minimum atomic E-state index is -0.117. The molecule has 2 rings (SSSR count). The molecule has 2 nitrogen and oxygen atoms in total. The van der Waals surface area contributed by atoms with Crippen LogP contribution >= 0.6 is 11.6 Å². The molecule has 0 aliphatic carbocycles. The second-order valence-corrected chi connectivity index (χ2v) is 3.73. The van der Waals surface area contributed by atoms with Crippen LogP contribution < -0.4 is 5.32 Å². The minimum Gasteiger partial charge on any atom is -0.325 e. The van der Waals surface area contributed by atoms with Crippen LogP contribution in [0.1, 0.15) is 6.92 Å². The standard InChI is InChI=1S/C12H10ClNO/c1-8(15)14-12-10-5-3-2-4-9(10)6-7-11(12)13/h2-7H,1H3,(H,14,15). The van der Waals surface area contributed by atoms with Crippen molar-refractivity contribution in [1.82, 2.24) is 0 Å². The number of hydrogen-bond donors (Lipinski definition) is 1. The average molecular weight is 220 g/mol. The molecule has 0 spiro atoms. The first kappa shape index (κ1) is 9.99. The van der Waals surface area contributed by atoms with E-state index in [2.05, 4.69) is 5.32 Å². The van der Waals surface area contributed by atoms with Gasteiger partial charge in [0.05, 0.1) is 10.7 Å². The van der Waals surface area contributed by atoms with Crippen LogP contribution in [0.2, 0.25) is 5.02 Å². The van der Waals surface area contributed by atoms with Gasteiger partial charge in [-0.2, -0.15) is 0 Å². The first-order valence-corrected chi connectivity index (χ1v) is 5.01. The van der Waals surface area contributed by atoms with Gasteiger partial charge in [0.25, 0.3) is 0 Å². The quantitative estimate of drug-likeness (QED) is 0.782. The summed E-state index contributed by atoms with van der Waals surface area (Å²) in [6.07, 6.45) is 0. The van der Waals surface area contributed by atoms with Crippen LogP contribution in [0.15, 0.2) is 36.4 Å². The van der Waals surface area contributed by atoms with Crippen molar-refractivity contribution >= 4 is 34.0 Å². The Kier molecular flexibility index (Phi) is 2.60. The third-order valence-electron chi connectivity index (χ3n) is 2.18. The maximum Gasteiger partial charge on any atom is 0.221 e. The Morgan fingerprint density at radius 1 is 1.20 bits per heavy atom. The molecule has 0 aliphatic rings. The van der Waals surface area contributed by atoms with Crippen molar-refractivity contribution in [1.29, 1.82) is 0 Å². The zero-order valence-corrected chi connectivity index (χ0v) is 9.01. The van der Waals surface area contributed by atoms with Crippen LogP contribution in [0.4, 0.5) is 5.69 Å². The van der Waals surface area contributed by atoms with E-state index in [4.69, 9.17) is 11.6 Å². The highest BCUT2D eigenvalue weighted by atomic mass is 35.5. The number of rotatable bonds is 1. The van der Waals surface area contributed by atoms with E-state index in [0.717, 1.165) is 10.8 Å². The fourth-order valence-corrected chi connectivity index (χ4v) is 1.76. The molecule has 1 amide bonds. The summed E-state index contributed by atoms with van der Waals surface area (Å²) < 4.78 is 0. The van der Waals surface area contributed by atoms with Crippen LogP contribution in [0.25, 0.3) is 10.8 Å². The van der Waals surface area contributed by atoms with Gasteiger partial charge in [0.2, 0.25) is 5.91 Å². The van der Waals surface area contributed by atoms with E-state index in [1.807, 2.05) is 30.3 Å². The van der Waals surface area contributed by atoms with Gasteiger partial charge in [-0.15, -0.1) is 0 Å². The molecule has 76 valence electrons. The molecule has 3 heteroatoms. The molecular weight excluding hydrogens is 210 g/mol. The molecular formula is C12H10ClNO. The van der Waals surface area contributed by atoms with Crippen LogP contribution in [-0.4, -0.2) is 5.91 Å². The molecule has 2 aromatic rings. The Morgan fingerprint density at radius 2 is 1.93 bits per heavy atom. The van der Waals surface area contributed by atoms with Gasteiger partial charge in [0.15, 0.2) is 0 Å². The second kappa shape index (κ2) is 3.91. The van der Waals surface area contributed by atoms with Gasteiger partial charge in [-0.3, -0.25) is 4.79 Å². The summed E-state index contributed by atoms with van der Waals surface area (Å²) in [5, 5.41) is 5.32. The summed E-state index contributed by atoms with van der Waals surface area (Å²) in [7, 11) is 0. The average Bonchev–Trinajstić information content (AvgIpc) is 2.22. The Hall–Kier alpha value is -1.54. The molecule has 0 fully saturated rings.